The van der Waals surface area contributed by atoms with Crippen LogP contribution >= 0.6 is 11.6 Å². The van der Waals surface area contributed by atoms with Crippen LogP contribution < -0.4 is 5.32 Å². The molecule has 0 saturated heterocycles. The molecule has 94 valence electrons. The smallest absolute Gasteiger partial charge is 0.254 e. The Hall–Kier alpha value is -1.88. The summed E-state index contributed by atoms with van der Waals surface area (Å²) < 4.78 is 15.1. The highest BCUT2D eigenvalue weighted by Crippen LogP contribution is 2.14. The second-order valence-electron chi connectivity index (χ2n) is 3.75. The van der Waals surface area contributed by atoms with Crippen molar-refractivity contribution in [3.63, 3.8) is 0 Å². The predicted octanol–water partition coefficient (Wildman–Crippen LogP) is 2.14. The summed E-state index contributed by atoms with van der Waals surface area (Å²) in [6.45, 7) is 0.279. The Bertz CT molecular complexity index is 582. The summed E-state index contributed by atoms with van der Waals surface area (Å²) >= 11 is 5.73. The molecule has 18 heavy (non-hydrogen) atoms. The highest BCUT2D eigenvalue weighted by Gasteiger charge is 2.12. The van der Waals surface area contributed by atoms with Crippen LogP contribution in [0.25, 0.3) is 0 Å². The van der Waals surface area contributed by atoms with Gasteiger partial charge >= 0.3 is 0 Å². The van der Waals surface area contributed by atoms with Crippen LogP contribution in [0, 0.1) is 5.82 Å². The first-order valence-electron chi connectivity index (χ1n) is 5.28. The number of carbonyl (C=O) groups is 1. The minimum Gasteiger partial charge on any atom is -0.346 e. The van der Waals surface area contributed by atoms with Gasteiger partial charge in [-0.2, -0.15) is 5.10 Å². The molecule has 1 heterocycles. The molecule has 0 unspecified atom stereocenters. The number of nitrogens with zero attached hydrogens (tertiary/aromatic N) is 2. The number of carbonyl (C=O) groups excluding carboxylic acids is 1. The van der Waals surface area contributed by atoms with Crippen LogP contribution in [-0.2, 0) is 13.6 Å². The zero-order chi connectivity index (χ0) is 13.1. The summed E-state index contributed by atoms with van der Waals surface area (Å²) in [5.74, 6) is -1.10. The minimum absolute atomic E-state index is 0.0651. The van der Waals surface area contributed by atoms with E-state index in [0.717, 1.165) is 5.69 Å². The van der Waals surface area contributed by atoms with E-state index in [9.17, 15) is 9.18 Å². The topological polar surface area (TPSA) is 46.9 Å². The maximum absolute atomic E-state index is 13.4. The number of halogens is 2. The van der Waals surface area contributed by atoms with Gasteiger partial charge in [0.05, 0.1) is 17.8 Å². The SMILES string of the molecule is Cn1nccc1CNC(=O)c1cc(Cl)ccc1F. The Balaban J connectivity index is 2.08. The van der Waals surface area contributed by atoms with E-state index in [1.807, 2.05) is 0 Å². The fraction of sp³-hybridized carbons (Fsp3) is 0.167. The molecule has 0 saturated carbocycles. The fourth-order valence-corrected chi connectivity index (χ4v) is 1.68. The van der Waals surface area contributed by atoms with Gasteiger partial charge in [-0.25, -0.2) is 4.39 Å². The Morgan fingerprint density at radius 2 is 2.28 bits per heavy atom. The average molecular weight is 268 g/mol. The quantitative estimate of drug-likeness (QED) is 0.926. The van der Waals surface area contributed by atoms with Crippen molar-refractivity contribution >= 4 is 17.5 Å². The molecule has 1 aromatic heterocycles. The molecule has 4 nitrogen and oxygen atoms in total. The van der Waals surface area contributed by atoms with Crippen LogP contribution in [-0.4, -0.2) is 15.7 Å². The number of aromatic nitrogens is 2. The Morgan fingerprint density at radius 1 is 1.50 bits per heavy atom. The van der Waals surface area contributed by atoms with Crippen molar-refractivity contribution in [3.05, 3.63) is 52.6 Å². The molecule has 1 amide bonds. The number of hydrogen-bond donors (Lipinski definition) is 1. The fourth-order valence-electron chi connectivity index (χ4n) is 1.51. The molecule has 0 fully saturated rings. The highest BCUT2D eigenvalue weighted by molar-refractivity contribution is 6.30. The average Bonchev–Trinajstić information content (AvgIpc) is 2.75. The molecular formula is C12H11ClFN3O. The van der Waals surface area contributed by atoms with E-state index in [0.29, 0.717) is 5.02 Å². The number of benzene rings is 1. The summed E-state index contributed by atoms with van der Waals surface area (Å²) in [5, 5.41) is 6.90. The number of rotatable bonds is 3. The maximum atomic E-state index is 13.4. The molecule has 0 atom stereocenters. The zero-order valence-corrected chi connectivity index (χ0v) is 10.4. The van der Waals surface area contributed by atoms with E-state index in [1.54, 1.807) is 24.0 Å². The lowest BCUT2D eigenvalue weighted by Gasteiger charge is -2.06. The molecule has 2 aromatic rings. The molecule has 0 aliphatic carbocycles. The van der Waals surface area contributed by atoms with E-state index >= 15 is 0 Å². The third-order valence-electron chi connectivity index (χ3n) is 2.53. The zero-order valence-electron chi connectivity index (χ0n) is 9.65. The molecule has 0 aliphatic rings. The van der Waals surface area contributed by atoms with Crippen LogP contribution in [0.5, 0.6) is 0 Å². The number of hydrogen-bond acceptors (Lipinski definition) is 2. The van der Waals surface area contributed by atoms with Crippen molar-refractivity contribution in [1.29, 1.82) is 0 Å². The van der Waals surface area contributed by atoms with Crippen LogP contribution in [0.2, 0.25) is 5.02 Å². The second kappa shape index (κ2) is 5.18. The predicted molar refractivity (Wildman–Crippen MR) is 65.8 cm³/mol. The largest absolute Gasteiger partial charge is 0.346 e. The second-order valence-corrected chi connectivity index (χ2v) is 4.19. The van der Waals surface area contributed by atoms with E-state index in [-0.39, 0.29) is 12.1 Å². The molecule has 2 rings (SSSR count). The van der Waals surface area contributed by atoms with Crippen LogP contribution in [0.4, 0.5) is 4.39 Å². The van der Waals surface area contributed by atoms with E-state index in [2.05, 4.69) is 10.4 Å². The van der Waals surface area contributed by atoms with Crippen molar-refractivity contribution in [2.75, 3.05) is 0 Å². The molecule has 0 aliphatic heterocycles. The molecule has 0 spiro atoms. The lowest BCUT2D eigenvalue weighted by Crippen LogP contribution is -2.25. The Kier molecular flexibility index (Phi) is 3.62. The molecule has 0 bridgehead atoms. The third-order valence-corrected chi connectivity index (χ3v) is 2.76. The first kappa shape index (κ1) is 12.6. The van der Waals surface area contributed by atoms with Gasteiger partial charge in [0.1, 0.15) is 5.82 Å². The molecule has 6 heteroatoms. The first-order valence-corrected chi connectivity index (χ1v) is 5.66. The van der Waals surface area contributed by atoms with Gasteiger partial charge in [0.15, 0.2) is 0 Å². The van der Waals surface area contributed by atoms with E-state index < -0.39 is 11.7 Å². The molecular weight excluding hydrogens is 257 g/mol. The monoisotopic (exact) mass is 267 g/mol. The maximum Gasteiger partial charge on any atom is 0.254 e. The van der Waals surface area contributed by atoms with Crippen LogP contribution in [0.1, 0.15) is 16.1 Å². The van der Waals surface area contributed by atoms with Crippen molar-refractivity contribution in [3.8, 4) is 0 Å². The molecule has 1 N–H and O–H groups in total. The number of amides is 1. The highest BCUT2D eigenvalue weighted by atomic mass is 35.5. The minimum atomic E-state index is -0.595. The van der Waals surface area contributed by atoms with Crippen molar-refractivity contribution in [1.82, 2.24) is 15.1 Å². The Morgan fingerprint density at radius 3 is 2.94 bits per heavy atom. The summed E-state index contributed by atoms with van der Waals surface area (Å²) in [7, 11) is 1.77. The first-order chi connectivity index (χ1) is 8.58. The standard InChI is InChI=1S/C12H11ClFN3O/c1-17-9(4-5-16-17)7-15-12(18)10-6-8(13)2-3-11(10)14/h2-6H,7H2,1H3,(H,15,18). The van der Waals surface area contributed by atoms with Gasteiger partial charge < -0.3 is 5.32 Å². The summed E-state index contributed by atoms with van der Waals surface area (Å²) in [5.41, 5.74) is 0.760. The number of nitrogens with one attached hydrogen (secondary N) is 1. The van der Waals surface area contributed by atoms with Crippen LogP contribution in [0.3, 0.4) is 0 Å². The summed E-state index contributed by atoms with van der Waals surface area (Å²) in [4.78, 5) is 11.8. The van der Waals surface area contributed by atoms with E-state index in [4.69, 9.17) is 11.6 Å². The van der Waals surface area contributed by atoms with Crippen LogP contribution in [0.15, 0.2) is 30.5 Å². The van der Waals surface area contributed by atoms with Crippen molar-refractivity contribution in [2.24, 2.45) is 7.05 Å². The lowest BCUT2D eigenvalue weighted by atomic mass is 10.2. The third kappa shape index (κ3) is 2.68. The van der Waals surface area contributed by atoms with Gasteiger partial charge in [-0.15, -0.1) is 0 Å². The molecule has 1 aromatic carbocycles. The Labute approximate surface area is 108 Å². The van der Waals surface area contributed by atoms with Gasteiger partial charge in [0.25, 0.3) is 5.91 Å². The van der Waals surface area contributed by atoms with Crippen molar-refractivity contribution < 1.29 is 9.18 Å². The summed E-state index contributed by atoms with van der Waals surface area (Å²) in [6.07, 6.45) is 1.63. The van der Waals surface area contributed by atoms with Gasteiger partial charge in [-0.3, -0.25) is 9.48 Å². The lowest BCUT2D eigenvalue weighted by molar-refractivity contribution is 0.0946. The summed E-state index contributed by atoms with van der Waals surface area (Å²) in [6, 6.07) is 5.64. The number of aryl methyl sites for hydroxylation is 1. The van der Waals surface area contributed by atoms with Crippen molar-refractivity contribution in [2.45, 2.75) is 6.54 Å². The van der Waals surface area contributed by atoms with Gasteiger partial charge in [-0.1, -0.05) is 11.6 Å². The normalized spacial score (nSPS) is 10.4. The van der Waals surface area contributed by atoms with Gasteiger partial charge in [0, 0.05) is 18.3 Å². The van der Waals surface area contributed by atoms with Gasteiger partial charge in [0.2, 0.25) is 0 Å². The van der Waals surface area contributed by atoms with Gasteiger partial charge in [-0.05, 0) is 24.3 Å². The molecule has 0 radical (unpaired) electrons. The van der Waals surface area contributed by atoms with E-state index in [1.165, 1.54) is 18.2 Å².